The fourth-order valence-corrected chi connectivity index (χ4v) is 3.94. The highest BCUT2D eigenvalue weighted by Crippen LogP contribution is 2.27. The van der Waals surface area contributed by atoms with Gasteiger partial charge in [-0.25, -0.2) is 4.79 Å². The lowest BCUT2D eigenvalue weighted by molar-refractivity contribution is -0.122. The maximum Gasteiger partial charge on any atom is 0.357 e. The number of Topliss-reactive ketones (excluding diaryl/α,β-unsaturated/α-hetero) is 1. The van der Waals surface area contributed by atoms with Gasteiger partial charge in [-0.05, 0) is 30.7 Å². The van der Waals surface area contributed by atoms with Crippen LogP contribution in [0.4, 0.5) is 0 Å². The first-order valence-corrected chi connectivity index (χ1v) is 10.6. The van der Waals surface area contributed by atoms with Crippen molar-refractivity contribution < 1.29 is 23.9 Å². The largest absolute Gasteiger partial charge is 0.476 e. The molecule has 1 unspecified atom stereocenters. The number of aromatic carboxylic acids is 1. The monoisotopic (exact) mass is 412 g/mol. The molecule has 160 valence electrons. The standard InChI is InChI=1S/C23H28N2O5/c26-20(14-12-17-9-5-2-6-10-17)24-18(13-11-16-7-3-1-4-8-16)21(27)22-25-19(15-30-22)23(28)29/h1,3-4,7-8,15,17-18H,2,5-6,9-14H2,(H,24,26)(H,28,29). The average Bonchev–Trinajstić information content (AvgIpc) is 3.27. The van der Waals surface area contributed by atoms with Gasteiger partial charge in [-0.15, -0.1) is 0 Å². The van der Waals surface area contributed by atoms with Gasteiger partial charge in [0, 0.05) is 6.42 Å². The molecule has 1 aromatic heterocycles. The molecule has 7 heteroatoms. The number of rotatable bonds is 10. The summed E-state index contributed by atoms with van der Waals surface area (Å²) in [6.07, 6.45) is 9.16. The van der Waals surface area contributed by atoms with Crippen molar-refractivity contribution in [3.8, 4) is 0 Å². The van der Waals surface area contributed by atoms with E-state index in [4.69, 9.17) is 9.52 Å². The molecule has 1 aliphatic rings. The molecule has 0 bridgehead atoms. The lowest BCUT2D eigenvalue weighted by atomic mass is 9.86. The van der Waals surface area contributed by atoms with E-state index in [-0.39, 0.29) is 17.5 Å². The predicted molar refractivity (Wildman–Crippen MR) is 110 cm³/mol. The van der Waals surface area contributed by atoms with Crippen molar-refractivity contribution in [2.45, 2.75) is 63.8 Å². The summed E-state index contributed by atoms with van der Waals surface area (Å²) in [6, 6.07) is 8.86. The van der Waals surface area contributed by atoms with Crippen LogP contribution in [-0.2, 0) is 11.2 Å². The number of carbonyl (C=O) groups excluding carboxylic acids is 2. The van der Waals surface area contributed by atoms with Crippen molar-refractivity contribution in [3.63, 3.8) is 0 Å². The summed E-state index contributed by atoms with van der Waals surface area (Å²) in [4.78, 5) is 40.2. The molecule has 2 aromatic rings. The molecule has 0 aliphatic heterocycles. The number of oxazole rings is 1. The fourth-order valence-electron chi connectivity index (χ4n) is 3.94. The summed E-state index contributed by atoms with van der Waals surface area (Å²) >= 11 is 0. The highest BCUT2D eigenvalue weighted by Gasteiger charge is 2.27. The number of carboxylic acids is 1. The molecule has 0 spiro atoms. The van der Waals surface area contributed by atoms with Gasteiger partial charge in [0.2, 0.25) is 11.7 Å². The lowest BCUT2D eigenvalue weighted by Gasteiger charge is -2.22. The van der Waals surface area contributed by atoms with Gasteiger partial charge in [0.1, 0.15) is 6.26 Å². The quantitative estimate of drug-likeness (QED) is 0.570. The molecule has 1 amide bonds. The molecular weight excluding hydrogens is 384 g/mol. The summed E-state index contributed by atoms with van der Waals surface area (Å²) in [5.74, 6) is -1.66. The zero-order valence-electron chi connectivity index (χ0n) is 17.0. The number of amides is 1. The first-order chi connectivity index (χ1) is 14.5. The Morgan fingerprint density at radius 1 is 1.13 bits per heavy atom. The number of hydrogen-bond acceptors (Lipinski definition) is 5. The van der Waals surface area contributed by atoms with Gasteiger partial charge in [0.15, 0.2) is 5.69 Å². The van der Waals surface area contributed by atoms with Crippen molar-refractivity contribution in [2.75, 3.05) is 0 Å². The van der Waals surface area contributed by atoms with Crippen LogP contribution < -0.4 is 5.32 Å². The zero-order valence-corrected chi connectivity index (χ0v) is 17.0. The summed E-state index contributed by atoms with van der Waals surface area (Å²) in [7, 11) is 0. The molecule has 3 rings (SSSR count). The molecule has 30 heavy (non-hydrogen) atoms. The van der Waals surface area contributed by atoms with E-state index in [9.17, 15) is 14.4 Å². The third kappa shape index (κ3) is 6.27. The Morgan fingerprint density at radius 2 is 1.87 bits per heavy atom. The number of nitrogens with zero attached hydrogens (tertiary/aromatic N) is 1. The molecule has 1 aliphatic carbocycles. The number of hydrogen-bond donors (Lipinski definition) is 2. The number of carbonyl (C=O) groups is 3. The van der Waals surface area contributed by atoms with Gasteiger partial charge < -0.3 is 14.8 Å². The third-order valence-corrected chi connectivity index (χ3v) is 5.65. The fraction of sp³-hybridized carbons (Fsp3) is 0.478. The maximum atomic E-state index is 12.9. The first-order valence-electron chi connectivity index (χ1n) is 10.6. The normalized spacial score (nSPS) is 15.5. The molecule has 1 atom stereocenters. The molecule has 1 aromatic carbocycles. The zero-order chi connectivity index (χ0) is 21.3. The van der Waals surface area contributed by atoms with Crippen molar-refractivity contribution in [1.29, 1.82) is 0 Å². The van der Waals surface area contributed by atoms with Crippen LogP contribution in [0.2, 0.25) is 0 Å². The molecule has 7 nitrogen and oxygen atoms in total. The summed E-state index contributed by atoms with van der Waals surface area (Å²) in [5.41, 5.74) is 0.717. The van der Waals surface area contributed by atoms with Gasteiger partial charge in [0.05, 0.1) is 6.04 Å². The smallest absolute Gasteiger partial charge is 0.357 e. The number of aryl methyl sites for hydroxylation is 1. The number of nitrogens with one attached hydrogen (secondary N) is 1. The van der Waals surface area contributed by atoms with Gasteiger partial charge in [-0.1, -0.05) is 62.4 Å². The third-order valence-electron chi connectivity index (χ3n) is 5.65. The first kappa shape index (κ1) is 21.7. The molecule has 0 radical (unpaired) electrons. The highest BCUT2D eigenvalue weighted by molar-refractivity contribution is 5.99. The number of aromatic nitrogens is 1. The molecular formula is C23H28N2O5. The van der Waals surface area contributed by atoms with Gasteiger partial charge in [-0.3, -0.25) is 9.59 Å². The van der Waals surface area contributed by atoms with Crippen LogP contribution in [0.15, 0.2) is 41.0 Å². The number of benzene rings is 1. The van der Waals surface area contributed by atoms with Gasteiger partial charge in [-0.2, -0.15) is 4.98 Å². The Kier molecular flexibility index (Phi) is 7.76. The Bertz CT molecular complexity index is 855. The molecule has 0 saturated heterocycles. The lowest BCUT2D eigenvalue weighted by Crippen LogP contribution is -2.41. The molecule has 2 N–H and O–H groups in total. The van der Waals surface area contributed by atoms with Crippen LogP contribution in [0.5, 0.6) is 0 Å². The van der Waals surface area contributed by atoms with E-state index in [1.54, 1.807) is 0 Å². The van der Waals surface area contributed by atoms with Crippen molar-refractivity contribution in [2.24, 2.45) is 5.92 Å². The minimum atomic E-state index is -1.27. The Morgan fingerprint density at radius 3 is 2.53 bits per heavy atom. The second-order valence-electron chi connectivity index (χ2n) is 7.89. The van der Waals surface area contributed by atoms with E-state index in [0.717, 1.165) is 31.1 Å². The highest BCUT2D eigenvalue weighted by atomic mass is 16.4. The second-order valence-corrected chi connectivity index (χ2v) is 7.89. The maximum absolute atomic E-state index is 12.9. The Hall–Kier alpha value is -2.96. The van der Waals surface area contributed by atoms with Gasteiger partial charge in [0.25, 0.3) is 5.89 Å². The minimum Gasteiger partial charge on any atom is -0.476 e. The number of carboxylic acid groups (broad SMARTS) is 1. The average molecular weight is 412 g/mol. The van der Waals surface area contributed by atoms with Crippen molar-refractivity contribution in [3.05, 3.63) is 53.7 Å². The van der Waals surface area contributed by atoms with E-state index in [1.807, 2.05) is 30.3 Å². The van der Waals surface area contributed by atoms with Crippen molar-refractivity contribution >= 4 is 17.7 Å². The Labute approximate surface area is 175 Å². The van der Waals surface area contributed by atoms with E-state index in [1.165, 1.54) is 19.3 Å². The van der Waals surface area contributed by atoms with Crippen LogP contribution in [-0.4, -0.2) is 33.8 Å². The SMILES string of the molecule is O=C(CCC1CCCCC1)NC(CCc1ccccc1)C(=O)c1nc(C(=O)O)co1. The molecule has 1 heterocycles. The summed E-state index contributed by atoms with van der Waals surface area (Å²) < 4.78 is 5.06. The van der Waals surface area contributed by atoms with Crippen LogP contribution in [0.25, 0.3) is 0 Å². The Balaban J connectivity index is 1.63. The van der Waals surface area contributed by atoms with Gasteiger partial charge >= 0.3 is 5.97 Å². The van der Waals surface area contributed by atoms with E-state index >= 15 is 0 Å². The van der Waals surface area contributed by atoms with E-state index in [0.29, 0.717) is 25.2 Å². The molecule has 1 saturated carbocycles. The van der Waals surface area contributed by atoms with Crippen LogP contribution in [0.1, 0.15) is 78.1 Å². The minimum absolute atomic E-state index is 0.169. The van der Waals surface area contributed by atoms with E-state index in [2.05, 4.69) is 10.3 Å². The van der Waals surface area contributed by atoms with Crippen LogP contribution >= 0.6 is 0 Å². The van der Waals surface area contributed by atoms with E-state index < -0.39 is 17.8 Å². The predicted octanol–water partition coefficient (Wildman–Crippen LogP) is 4.03. The van der Waals surface area contributed by atoms with Crippen LogP contribution in [0, 0.1) is 5.92 Å². The van der Waals surface area contributed by atoms with Crippen LogP contribution in [0.3, 0.4) is 0 Å². The van der Waals surface area contributed by atoms with Crippen molar-refractivity contribution in [1.82, 2.24) is 10.3 Å². The molecule has 1 fully saturated rings. The summed E-state index contributed by atoms with van der Waals surface area (Å²) in [5, 5.41) is 11.8. The summed E-state index contributed by atoms with van der Waals surface area (Å²) in [6.45, 7) is 0. The number of ketones is 1. The topological polar surface area (TPSA) is 110 Å². The second kappa shape index (κ2) is 10.7.